The molecule has 0 spiro atoms. The van der Waals surface area contributed by atoms with E-state index in [9.17, 15) is 0 Å². The number of rotatable bonds is 3. The molecule has 4 heteroatoms. The van der Waals surface area contributed by atoms with Crippen LogP contribution >= 0.6 is 0 Å². The third-order valence-electron chi connectivity index (χ3n) is 3.92. The van der Waals surface area contributed by atoms with E-state index in [-0.39, 0.29) is 0 Å². The molecule has 0 radical (unpaired) electrons. The van der Waals surface area contributed by atoms with Crippen molar-refractivity contribution < 1.29 is 0 Å². The van der Waals surface area contributed by atoms with Gasteiger partial charge in [-0.3, -0.25) is 0 Å². The second kappa shape index (κ2) is 4.47. The van der Waals surface area contributed by atoms with Crippen LogP contribution in [0.25, 0.3) is 0 Å². The van der Waals surface area contributed by atoms with Gasteiger partial charge in [0, 0.05) is 24.3 Å². The lowest BCUT2D eigenvalue weighted by Crippen LogP contribution is -2.16. The van der Waals surface area contributed by atoms with Gasteiger partial charge in [0.25, 0.3) is 0 Å². The Morgan fingerprint density at radius 2 is 2.05 bits per heavy atom. The zero-order chi connectivity index (χ0) is 13.5. The Morgan fingerprint density at radius 1 is 1.20 bits per heavy atom. The lowest BCUT2D eigenvalue weighted by molar-refractivity contribution is 0.940. The summed E-state index contributed by atoms with van der Waals surface area (Å²) in [7, 11) is 0. The molecule has 1 aromatic carbocycles. The second-order valence-electron chi connectivity index (χ2n) is 5.61. The van der Waals surface area contributed by atoms with Crippen LogP contribution < -0.4 is 10.2 Å². The predicted octanol–water partition coefficient (Wildman–Crippen LogP) is 3.05. The van der Waals surface area contributed by atoms with Gasteiger partial charge in [0.15, 0.2) is 0 Å². The number of benzene rings is 1. The normalized spacial score (nSPS) is 17.1. The summed E-state index contributed by atoms with van der Waals surface area (Å²) in [6, 6.07) is 11.3. The number of hydrogen-bond acceptors (Lipinski definition) is 4. The first-order chi connectivity index (χ1) is 9.79. The van der Waals surface area contributed by atoms with Crippen LogP contribution in [0.3, 0.4) is 0 Å². The van der Waals surface area contributed by atoms with Gasteiger partial charge in [-0.25, -0.2) is 9.97 Å². The highest BCUT2D eigenvalue weighted by atomic mass is 15.2. The number of nitrogens with zero attached hydrogens (tertiary/aromatic N) is 3. The highest BCUT2D eigenvalue weighted by Crippen LogP contribution is 2.34. The summed E-state index contributed by atoms with van der Waals surface area (Å²) in [4.78, 5) is 11.4. The fourth-order valence-corrected chi connectivity index (χ4v) is 2.78. The Kier molecular flexibility index (Phi) is 2.62. The molecule has 1 aliphatic carbocycles. The fraction of sp³-hybridized carbons (Fsp3) is 0.375. The molecular weight excluding hydrogens is 248 g/mol. The van der Waals surface area contributed by atoms with Crippen LogP contribution in [-0.4, -0.2) is 22.6 Å². The summed E-state index contributed by atoms with van der Waals surface area (Å²) >= 11 is 0. The molecule has 0 atom stereocenters. The number of hydrogen-bond donors (Lipinski definition) is 1. The third-order valence-corrected chi connectivity index (χ3v) is 3.92. The van der Waals surface area contributed by atoms with Gasteiger partial charge in [0.1, 0.15) is 17.5 Å². The zero-order valence-corrected chi connectivity index (χ0v) is 11.6. The van der Waals surface area contributed by atoms with Crippen molar-refractivity contribution in [1.82, 2.24) is 9.97 Å². The zero-order valence-electron chi connectivity index (χ0n) is 11.6. The summed E-state index contributed by atoms with van der Waals surface area (Å²) in [6.45, 7) is 2.96. The van der Waals surface area contributed by atoms with E-state index in [4.69, 9.17) is 0 Å². The van der Waals surface area contributed by atoms with Crippen LogP contribution in [0.1, 0.15) is 24.2 Å². The molecule has 4 nitrogen and oxygen atoms in total. The molecule has 1 fully saturated rings. The van der Waals surface area contributed by atoms with Crippen molar-refractivity contribution in [2.45, 2.75) is 32.2 Å². The lowest BCUT2D eigenvalue weighted by atomic mass is 10.2. The van der Waals surface area contributed by atoms with Crippen LogP contribution in [0.2, 0.25) is 0 Å². The molecule has 1 N–H and O–H groups in total. The van der Waals surface area contributed by atoms with Gasteiger partial charge >= 0.3 is 0 Å². The maximum Gasteiger partial charge on any atom is 0.138 e. The first-order valence-electron chi connectivity index (χ1n) is 7.27. The average molecular weight is 266 g/mol. The summed E-state index contributed by atoms with van der Waals surface area (Å²) in [6.07, 6.45) is 3.60. The molecule has 0 bridgehead atoms. The van der Waals surface area contributed by atoms with Gasteiger partial charge in [-0.15, -0.1) is 0 Å². The van der Waals surface area contributed by atoms with E-state index >= 15 is 0 Å². The van der Waals surface area contributed by atoms with Crippen LogP contribution in [0.4, 0.5) is 17.3 Å². The van der Waals surface area contributed by atoms with Crippen molar-refractivity contribution in [2.24, 2.45) is 0 Å². The summed E-state index contributed by atoms with van der Waals surface area (Å²) in [5.41, 5.74) is 2.68. The Hall–Kier alpha value is -2.10. The van der Waals surface area contributed by atoms with E-state index in [1.165, 1.54) is 24.1 Å². The monoisotopic (exact) mass is 266 g/mol. The molecule has 4 rings (SSSR count). The minimum Gasteiger partial charge on any atom is -0.367 e. The molecular formula is C16H18N4. The van der Waals surface area contributed by atoms with Crippen molar-refractivity contribution in [3.8, 4) is 0 Å². The van der Waals surface area contributed by atoms with E-state index in [1.54, 1.807) is 0 Å². The van der Waals surface area contributed by atoms with Gasteiger partial charge < -0.3 is 10.2 Å². The Balaban J connectivity index is 1.70. The van der Waals surface area contributed by atoms with Gasteiger partial charge in [-0.2, -0.15) is 0 Å². The predicted molar refractivity (Wildman–Crippen MR) is 80.6 cm³/mol. The molecule has 2 aliphatic rings. The minimum absolute atomic E-state index is 0.614. The largest absolute Gasteiger partial charge is 0.367 e. The maximum atomic E-state index is 4.62. The highest BCUT2D eigenvalue weighted by molar-refractivity contribution is 5.69. The van der Waals surface area contributed by atoms with Crippen LogP contribution in [0.15, 0.2) is 30.3 Å². The summed E-state index contributed by atoms with van der Waals surface area (Å²) in [5.74, 6) is 2.79. The topological polar surface area (TPSA) is 41.1 Å². The molecule has 1 aliphatic heterocycles. The number of anilines is 3. The van der Waals surface area contributed by atoms with Crippen LogP contribution in [-0.2, 0) is 6.42 Å². The van der Waals surface area contributed by atoms with Crippen molar-refractivity contribution in [3.05, 3.63) is 41.7 Å². The lowest BCUT2D eigenvalue weighted by Gasteiger charge is -2.19. The molecule has 0 saturated heterocycles. The molecule has 1 aromatic heterocycles. The minimum atomic E-state index is 0.614. The van der Waals surface area contributed by atoms with E-state index in [1.807, 2.05) is 6.92 Å². The molecule has 2 aromatic rings. The number of nitrogens with one attached hydrogen (secondary N) is 1. The third kappa shape index (κ3) is 2.11. The molecule has 2 heterocycles. The summed E-state index contributed by atoms with van der Waals surface area (Å²) in [5, 5.41) is 3.47. The molecule has 102 valence electrons. The SMILES string of the molecule is Cc1nc(NC2CC2)cc(N2CCc3ccccc32)n1. The first-order valence-corrected chi connectivity index (χ1v) is 7.27. The van der Waals surface area contributed by atoms with Crippen molar-refractivity contribution in [2.75, 3.05) is 16.8 Å². The maximum absolute atomic E-state index is 4.62. The Morgan fingerprint density at radius 3 is 2.90 bits per heavy atom. The number of aromatic nitrogens is 2. The van der Waals surface area contributed by atoms with Gasteiger partial charge in [0.05, 0.1) is 0 Å². The van der Waals surface area contributed by atoms with E-state index in [2.05, 4.69) is 50.5 Å². The summed E-state index contributed by atoms with van der Waals surface area (Å²) < 4.78 is 0. The van der Waals surface area contributed by atoms with Gasteiger partial charge in [-0.05, 0) is 37.8 Å². The first kappa shape index (κ1) is 11.7. The highest BCUT2D eigenvalue weighted by Gasteiger charge is 2.24. The number of aryl methyl sites for hydroxylation is 1. The van der Waals surface area contributed by atoms with Crippen molar-refractivity contribution in [3.63, 3.8) is 0 Å². The number of fused-ring (bicyclic) bond motifs is 1. The van der Waals surface area contributed by atoms with E-state index in [0.29, 0.717) is 6.04 Å². The Labute approximate surface area is 118 Å². The van der Waals surface area contributed by atoms with Crippen LogP contribution in [0.5, 0.6) is 0 Å². The smallest absolute Gasteiger partial charge is 0.138 e. The average Bonchev–Trinajstić information content (AvgIpc) is 3.14. The quantitative estimate of drug-likeness (QED) is 0.927. The number of para-hydroxylation sites is 1. The molecule has 1 saturated carbocycles. The van der Waals surface area contributed by atoms with E-state index < -0.39 is 0 Å². The molecule has 0 unspecified atom stereocenters. The van der Waals surface area contributed by atoms with Gasteiger partial charge in [0.2, 0.25) is 0 Å². The van der Waals surface area contributed by atoms with Crippen molar-refractivity contribution in [1.29, 1.82) is 0 Å². The van der Waals surface area contributed by atoms with Gasteiger partial charge in [-0.1, -0.05) is 18.2 Å². The standard InChI is InChI=1S/C16H18N4/c1-11-17-15(19-13-6-7-13)10-16(18-11)20-9-8-12-4-2-3-5-14(12)20/h2-5,10,13H,6-9H2,1H3,(H,17,18,19). The van der Waals surface area contributed by atoms with Crippen molar-refractivity contribution >= 4 is 17.3 Å². The fourth-order valence-electron chi connectivity index (χ4n) is 2.78. The van der Waals surface area contributed by atoms with Crippen LogP contribution in [0, 0.1) is 6.92 Å². The second-order valence-corrected chi connectivity index (χ2v) is 5.61. The Bertz CT molecular complexity index is 649. The molecule has 20 heavy (non-hydrogen) atoms. The van der Waals surface area contributed by atoms with E-state index in [0.717, 1.165) is 30.4 Å². The molecule has 0 amide bonds.